The Morgan fingerprint density at radius 1 is 1.03 bits per heavy atom. The molecule has 3 aromatic rings. The van der Waals surface area contributed by atoms with Crippen LogP contribution in [0.3, 0.4) is 0 Å². The van der Waals surface area contributed by atoms with E-state index in [9.17, 15) is 4.79 Å². The zero-order valence-corrected chi connectivity index (χ0v) is 21.2. The lowest BCUT2D eigenvalue weighted by molar-refractivity contribution is 0.0932. The summed E-state index contributed by atoms with van der Waals surface area (Å²) in [7, 11) is 4.87. The van der Waals surface area contributed by atoms with Crippen molar-refractivity contribution in [1.82, 2.24) is 15.2 Å². The van der Waals surface area contributed by atoms with Gasteiger partial charge in [-0.25, -0.2) is 4.98 Å². The molecule has 0 bridgehead atoms. The van der Waals surface area contributed by atoms with Gasteiger partial charge in [-0.3, -0.25) is 9.69 Å². The molecular weight excluding hydrogens is 474 g/mol. The third kappa shape index (κ3) is 7.70. The van der Waals surface area contributed by atoms with Crippen LogP contribution >= 0.6 is 22.9 Å². The molecule has 1 aromatic heterocycles. The lowest BCUT2D eigenvalue weighted by atomic mass is 10.1. The lowest BCUT2D eigenvalue weighted by Crippen LogP contribution is -2.27. The number of methoxy groups -OCH3 is 3. The van der Waals surface area contributed by atoms with Crippen molar-refractivity contribution in [2.24, 2.45) is 0 Å². The van der Waals surface area contributed by atoms with E-state index in [4.69, 9.17) is 25.8 Å². The van der Waals surface area contributed by atoms with Gasteiger partial charge in [0.1, 0.15) is 10.7 Å². The van der Waals surface area contributed by atoms with Crippen molar-refractivity contribution in [2.45, 2.75) is 19.5 Å². The molecule has 0 aliphatic rings. The third-order valence-corrected chi connectivity index (χ3v) is 6.30. The van der Waals surface area contributed by atoms with Gasteiger partial charge in [-0.1, -0.05) is 29.8 Å². The van der Waals surface area contributed by atoms with Crippen molar-refractivity contribution in [3.63, 3.8) is 0 Å². The standard InChI is InChI=1S/C25H30ClN3O4S/c1-31-13-11-27-25(30)21-17-34-24(28-21)16-29(15-19-4-7-20(26)8-5-19)12-10-18-6-9-22(32-2)23(14-18)33-3/h4-9,14,17H,10-13,15-16H2,1-3H3,(H,27,30). The molecule has 0 unspecified atom stereocenters. The molecule has 1 N–H and O–H groups in total. The highest BCUT2D eigenvalue weighted by molar-refractivity contribution is 7.09. The first-order valence-corrected chi connectivity index (χ1v) is 12.2. The molecule has 34 heavy (non-hydrogen) atoms. The first-order valence-electron chi connectivity index (χ1n) is 10.9. The zero-order valence-electron chi connectivity index (χ0n) is 19.7. The van der Waals surface area contributed by atoms with Gasteiger partial charge in [-0.05, 0) is 41.8 Å². The Balaban J connectivity index is 1.70. The maximum atomic E-state index is 12.3. The number of halogens is 1. The molecule has 0 aliphatic carbocycles. The van der Waals surface area contributed by atoms with Crippen molar-refractivity contribution in [3.8, 4) is 11.5 Å². The van der Waals surface area contributed by atoms with Crippen molar-refractivity contribution in [1.29, 1.82) is 0 Å². The van der Waals surface area contributed by atoms with E-state index in [1.807, 2.05) is 42.5 Å². The molecule has 9 heteroatoms. The van der Waals surface area contributed by atoms with Crippen LogP contribution in [0.4, 0.5) is 0 Å². The molecule has 0 saturated heterocycles. The summed E-state index contributed by atoms with van der Waals surface area (Å²) >= 11 is 7.55. The summed E-state index contributed by atoms with van der Waals surface area (Å²) in [6.07, 6.45) is 0.823. The van der Waals surface area contributed by atoms with Crippen LogP contribution in [-0.2, 0) is 24.2 Å². The Labute approximate surface area is 209 Å². The molecule has 182 valence electrons. The van der Waals surface area contributed by atoms with Crippen LogP contribution in [-0.4, -0.2) is 56.8 Å². The van der Waals surface area contributed by atoms with Crippen LogP contribution in [0, 0.1) is 0 Å². The van der Waals surface area contributed by atoms with E-state index in [0.29, 0.717) is 41.9 Å². The molecule has 3 rings (SSSR count). The van der Waals surface area contributed by atoms with E-state index < -0.39 is 0 Å². The van der Waals surface area contributed by atoms with Crippen LogP contribution in [0.2, 0.25) is 5.02 Å². The second-order valence-corrected chi connectivity index (χ2v) is 9.03. The number of aromatic nitrogens is 1. The van der Waals surface area contributed by atoms with Crippen molar-refractivity contribution in [3.05, 3.63) is 74.7 Å². The number of hydrogen-bond donors (Lipinski definition) is 1. The molecule has 0 aliphatic heterocycles. The SMILES string of the molecule is COCCNC(=O)c1csc(CN(CCc2ccc(OC)c(OC)c2)Cc2ccc(Cl)cc2)n1. The van der Waals surface area contributed by atoms with Crippen LogP contribution in [0.1, 0.15) is 26.6 Å². The number of nitrogens with one attached hydrogen (secondary N) is 1. The highest BCUT2D eigenvalue weighted by atomic mass is 35.5. The molecule has 2 aromatic carbocycles. The molecular formula is C25H30ClN3O4S. The molecule has 0 atom stereocenters. The topological polar surface area (TPSA) is 72.9 Å². The molecule has 1 amide bonds. The number of carbonyl (C=O) groups excluding carboxylic acids is 1. The van der Waals surface area contributed by atoms with E-state index >= 15 is 0 Å². The highest BCUT2D eigenvalue weighted by Crippen LogP contribution is 2.28. The van der Waals surface area contributed by atoms with E-state index in [0.717, 1.165) is 35.6 Å². The fourth-order valence-electron chi connectivity index (χ4n) is 3.42. The zero-order chi connectivity index (χ0) is 24.3. The Morgan fingerprint density at radius 3 is 2.47 bits per heavy atom. The molecule has 1 heterocycles. The Bertz CT molecular complexity index is 1060. The van der Waals surface area contributed by atoms with E-state index in [1.165, 1.54) is 11.3 Å². The number of ether oxygens (including phenoxy) is 3. The number of nitrogens with zero attached hydrogens (tertiary/aromatic N) is 2. The van der Waals surface area contributed by atoms with Crippen molar-refractivity contribution >= 4 is 28.8 Å². The summed E-state index contributed by atoms with van der Waals surface area (Å²) in [5, 5.41) is 6.21. The number of amides is 1. The van der Waals surface area contributed by atoms with Crippen LogP contribution in [0.15, 0.2) is 47.8 Å². The van der Waals surface area contributed by atoms with Gasteiger partial charge in [0.2, 0.25) is 0 Å². The van der Waals surface area contributed by atoms with E-state index in [1.54, 1.807) is 26.7 Å². The summed E-state index contributed by atoms with van der Waals surface area (Å²) in [4.78, 5) is 19.2. The van der Waals surface area contributed by atoms with Crippen molar-refractivity contribution in [2.75, 3.05) is 41.0 Å². The Kier molecular flexibility index (Phi) is 10.2. The minimum atomic E-state index is -0.186. The fraction of sp³-hybridized carbons (Fsp3) is 0.360. The monoisotopic (exact) mass is 503 g/mol. The summed E-state index contributed by atoms with van der Waals surface area (Å²) in [6, 6.07) is 13.8. The second-order valence-electron chi connectivity index (χ2n) is 7.65. The maximum Gasteiger partial charge on any atom is 0.270 e. The van der Waals surface area contributed by atoms with Gasteiger partial charge in [0, 0.05) is 37.1 Å². The fourth-order valence-corrected chi connectivity index (χ4v) is 4.36. The number of rotatable bonds is 13. The molecule has 0 spiro atoms. The van der Waals surface area contributed by atoms with Gasteiger partial charge in [-0.15, -0.1) is 11.3 Å². The first-order chi connectivity index (χ1) is 16.5. The van der Waals surface area contributed by atoms with Gasteiger partial charge in [0.05, 0.1) is 27.4 Å². The van der Waals surface area contributed by atoms with E-state index in [2.05, 4.69) is 15.2 Å². The summed E-state index contributed by atoms with van der Waals surface area (Å²) in [5.74, 6) is 1.24. The molecule has 0 fully saturated rings. The summed E-state index contributed by atoms with van der Waals surface area (Å²) in [5.41, 5.74) is 2.74. The molecule has 7 nitrogen and oxygen atoms in total. The first kappa shape index (κ1) is 26.0. The minimum absolute atomic E-state index is 0.186. The largest absolute Gasteiger partial charge is 0.493 e. The Morgan fingerprint density at radius 2 is 1.76 bits per heavy atom. The third-order valence-electron chi connectivity index (χ3n) is 5.22. The second kappa shape index (κ2) is 13.3. The maximum absolute atomic E-state index is 12.3. The van der Waals surface area contributed by atoms with Gasteiger partial charge in [0.15, 0.2) is 11.5 Å². The predicted molar refractivity (Wildman–Crippen MR) is 135 cm³/mol. The van der Waals surface area contributed by atoms with Crippen LogP contribution < -0.4 is 14.8 Å². The predicted octanol–water partition coefficient (Wildman–Crippen LogP) is 4.43. The minimum Gasteiger partial charge on any atom is -0.493 e. The smallest absolute Gasteiger partial charge is 0.270 e. The molecule has 0 saturated carbocycles. The summed E-state index contributed by atoms with van der Waals surface area (Å²) < 4.78 is 15.8. The Hall–Kier alpha value is -2.65. The van der Waals surface area contributed by atoms with Gasteiger partial charge in [0.25, 0.3) is 5.91 Å². The normalized spacial score (nSPS) is 11.0. The van der Waals surface area contributed by atoms with Crippen molar-refractivity contribution < 1.29 is 19.0 Å². The average molecular weight is 504 g/mol. The summed E-state index contributed by atoms with van der Waals surface area (Å²) in [6.45, 7) is 3.09. The van der Waals surface area contributed by atoms with Crippen LogP contribution in [0.25, 0.3) is 0 Å². The van der Waals surface area contributed by atoms with Crippen LogP contribution in [0.5, 0.6) is 11.5 Å². The van der Waals surface area contributed by atoms with Gasteiger partial charge >= 0.3 is 0 Å². The quantitative estimate of drug-likeness (QED) is 0.348. The number of benzene rings is 2. The van der Waals surface area contributed by atoms with E-state index in [-0.39, 0.29) is 5.91 Å². The molecule has 0 radical (unpaired) electrons. The number of hydrogen-bond acceptors (Lipinski definition) is 7. The average Bonchev–Trinajstić information content (AvgIpc) is 3.32. The lowest BCUT2D eigenvalue weighted by Gasteiger charge is -2.22. The number of thiazole rings is 1. The van der Waals surface area contributed by atoms with Gasteiger partial charge < -0.3 is 19.5 Å². The van der Waals surface area contributed by atoms with Gasteiger partial charge in [-0.2, -0.15) is 0 Å². The highest BCUT2D eigenvalue weighted by Gasteiger charge is 2.15. The number of carbonyl (C=O) groups is 1.